The maximum absolute atomic E-state index is 12.0. The first-order chi connectivity index (χ1) is 9.74. The molecule has 2 fully saturated rings. The molecule has 0 aromatic carbocycles. The van der Waals surface area contributed by atoms with Crippen LogP contribution in [-0.2, 0) is 19.3 Å². The SMILES string of the molecule is CC(CN1CCOCC1)OCC([O])CN1CCOCC1. The Morgan fingerprint density at radius 1 is 0.950 bits per heavy atom. The molecule has 2 aliphatic rings. The van der Waals surface area contributed by atoms with E-state index >= 15 is 0 Å². The van der Waals surface area contributed by atoms with Gasteiger partial charge in [-0.1, -0.05) is 0 Å². The molecule has 0 saturated carbocycles. The van der Waals surface area contributed by atoms with Crippen LogP contribution >= 0.6 is 0 Å². The Bertz CT molecular complexity index is 230. The van der Waals surface area contributed by atoms with Gasteiger partial charge in [0.1, 0.15) is 6.10 Å². The molecule has 2 rings (SSSR count). The van der Waals surface area contributed by atoms with E-state index in [9.17, 15) is 5.11 Å². The summed E-state index contributed by atoms with van der Waals surface area (Å²) < 4.78 is 16.3. The van der Waals surface area contributed by atoms with E-state index in [0.29, 0.717) is 13.2 Å². The van der Waals surface area contributed by atoms with Gasteiger partial charge in [0.05, 0.1) is 39.1 Å². The molecule has 6 nitrogen and oxygen atoms in total. The summed E-state index contributed by atoms with van der Waals surface area (Å²) in [5.41, 5.74) is 0. The van der Waals surface area contributed by atoms with Gasteiger partial charge in [-0.25, -0.2) is 5.11 Å². The molecule has 0 amide bonds. The molecule has 0 aromatic heterocycles. The van der Waals surface area contributed by atoms with Crippen LogP contribution < -0.4 is 0 Å². The van der Waals surface area contributed by atoms with Crippen molar-refractivity contribution in [1.29, 1.82) is 0 Å². The Morgan fingerprint density at radius 2 is 1.45 bits per heavy atom. The van der Waals surface area contributed by atoms with E-state index < -0.39 is 6.10 Å². The standard InChI is InChI=1S/C14H27N2O4/c1-13(10-15-2-6-18-7-3-15)20-12-14(17)11-16-4-8-19-9-5-16/h13-14H,2-12H2,1H3. The van der Waals surface area contributed by atoms with E-state index in [1.165, 1.54) is 0 Å². The van der Waals surface area contributed by atoms with E-state index in [4.69, 9.17) is 14.2 Å². The van der Waals surface area contributed by atoms with Crippen LogP contribution in [-0.4, -0.2) is 94.3 Å². The second-order valence-electron chi connectivity index (χ2n) is 5.59. The summed E-state index contributed by atoms with van der Waals surface area (Å²) in [4.78, 5) is 4.49. The van der Waals surface area contributed by atoms with Gasteiger partial charge in [-0.3, -0.25) is 9.80 Å². The molecule has 0 N–H and O–H groups in total. The number of ether oxygens (including phenoxy) is 3. The molecule has 6 heteroatoms. The van der Waals surface area contributed by atoms with Gasteiger partial charge in [0.2, 0.25) is 0 Å². The van der Waals surface area contributed by atoms with Crippen LogP contribution in [0.15, 0.2) is 0 Å². The highest BCUT2D eigenvalue weighted by atomic mass is 16.5. The summed E-state index contributed by atoms with van der Waals surface area (Å²) in [5.74, 6) is 0. The van der Waals surface area contributed by atoms with Gasteiger partial charge >= 0.3 is 0 Å². The second-order valence-corrected chi connectivity index (χ2v) is 5.59. The lowest BCUT2D eigenvalue weighted by Crippen LogP contribution is -2.43. The van der Waals surface area contributed by atoms with Gasteiger partial charge < -0.3 is 14.2 Å². The Morgan fingerprint density at radius 3 is 2.00 bits per heavy atom. The monoisotopic (exact) mass is 287 g/mol. The fraction of sp³-hybridized carbons (Fsp3) is 1.00. The molecule has 0 aromatic rings. The van der Waals surface area contributed by atoms with E-state index in [-0.39, 0.29) is 6.10 Å². The van der Waals surface area contributed by atoms with Crippen molar-refractivity contribution >= 4 is 0 Å². The first kappa shape index (κ1) is 16.1. The molecule has 0 spiro atoms. The molecule has 2 unspecified atom stereocenters. The Balaban J connectivity index is 1.55. The predicted molar refractivity (Wildman–Crippen MR) is 74.4 cm³/mol. The van der Waals surface area contributed by atoms with Crippen molar-refractivity contribution in [3.8, 4) is 0 Å². The lowest BCUT2D eigenvalue weighted by molar-refractivity contribution is -0.0672. The molecule has 1 radical (unpaired) electrons. The van der Waals surface area contributed by atoms with Crippen molar-refractivity contribution in [3.05, 3.63) is 0 Å². The zero-order valence-corrected chi connectivity index (χ0v) is 12.5. The lowest BCUT2D eigenvalue weighted by atomic mass is 10.3. The number of nitrogens with zero attached hydrogens (tertiary/aromatic N) is 2. The summed E-state index contributed by atoms with van der Waals surface area (Å²) in [6, 6.07) is 0. The van der Waals surface area contributed by atoms with Crippen LogP contribution in [0, 0.1) is 0 Å². The van der Waals surface area contributed by atoms with Crippen LogP contribution in [0.3, 0.4) is 0 Å². The van der Waals surface area contributed by atoms with Gasteiger partial charge in [-0.2, -0.15) is 0 Å². The van der Waals surface area contributed by atoms with E-state index in [1.54, 1.807) is 0 Å². The normalized spacial score (nSPS) is 25.5. The van der Waals surface area contributed by atoms with Crippen molar-refractivity contribution in [2.75, 3.05) is 72.3 Å². The van der Waals surface area contributed by atoms with Crippen molar-refractivity contribution < 1.29 is 19.3 Å². The maximum Gasteiger partial charge on any atom is 0.129 e. The van der Waals surface area contributed by atoms with Crippen LogP contribution in [0.1, 0.15) is 6.92 Å². The minimum absolute atomic E-state index is 0.106. The topological polar surface area (TPSA) is 54.1 Å². The molecule has 0 bridgehead atoms. The second kappa shape index (κ2) is 8.92. The third-order valence-corrected chi connectivity index (χ3v) is 3.75. The summed E-state index contributed by atoms with van der Waals surface area (Å²) in [6.07, 6.45) is -0.561. The summed E-state index contributed by atoms with van der Waals surface area (Å²) in [6.45, 7) is 10.5. The van der Waals surface area contributed by atoms with E-state index in [2.05, 4.69) is 9.80 Å². The predicted octanol–water partition coefficient (Wildman–Crippen LogP) is -0.145. The summed E-state index contributed by atoms with van der Waals surface area (Å²) >= 11 is 0. The third-order valence-electron chi connectivity index (χ3n) is 3.75. The van der Waals surface area contributed by atoms with Gasteiger partial charge in [-0.05, 0) is 6.92 Å². The zero-order valence-electron chi connectivity index (χ0n) is 12.5. The van der Waals surface area contributed by atoms with Crippen molar-refractivity contribution in [2.45, 2.75) is 19.1 Å². The van der Waals surface area contributed by atoms with E-state index in [0.717, 1.165) is 59.2 Å². The highest BCUT2D eigenvalue weighted by Gasteiger charge is 2.18. The quantitative estimate of drug-likeness (QED) is 0.652. The van der Waals surface area contributed by atoms with Crippen molar-refractivity contribution in [1.82, 2.24) is 9.80 Å². The fourth-order valence-electron chi connectivity index (χ4n) is 2.60. The van der Waals surface area contributed by atoms with Crippen LogP contribution in [0.4, 0.5) is 0 Å². The summed E-state index contributed by atoms with van der Waals surface area (Å²) in [7, 11) is 0. The Hall–Kier alpha value is -0.240. The lowest BCUT2D eigenvalue weighted by Gasteiger charge is -2.30. The third kappa shape index (κ3) is 6.03. The summed E-state index contributed by atoms with van der Waals surface area (Å²) in [5, 5.41) is 12.0. The van der Waals surface area contributed by atoms with Gasteiger partial charge in [0.25, 0.3) is 0 Å². The largest absolute Gasteiger partial charge is 0.379 e. The minimum atomic E-state index is -0.666. The first-order valence-electron chi connectivity index (χ1n) is 7.61. The van der Waals surface area contributed by atoms with Gasteiger partial charge in [-0.15, -0.1) is 0 Å². The number of morpholine rings is 2. The smallest absolute Gasteiger partial charge is 0.129 e. The van der Waals surface area contributed by atoms with Crippen molar-refractivity contribution in [2.24, 2.45) is 0 Å². The average molecular weight is 287 g/mol. The minimum Gasteiger partial charge on any atom is -0.379 e. The highest BCUT2D eigenvalue weighted by Crippen LogP contribution is 2.04. The molecule has 2 atom stereocenters. The van der Waals surface area contributed by atoms with Gasteiger partial charge in [0, 0.05) is 39.3 Å². The Kier molecular flexibility index (Phi) is 7.19. The maximum atomic E-state index is 12.0. The van der Waals surface area contributed by atoms with Crippen molar-refractivity contribution in [3.63, 3.8) is 0 Å². The molecule has 117 valence electrons. The average Bonchev–Trinajstić information content (AvgIpc) is 2.47. The number of hydrogen-bond donors (Lipinski definition) is 0. The van der Waals surface area contributed by atoms with Gasteiger partial charge in [0.15, 0.2) is 0 Å². The zero-order chi connectivity index (χ0) is 14.2. The molecule has 0 aliphatic carbocycles. The molecular formula is C14H27N2O4. The molecule has 2 saturated heterocycles. The Labute approximate surface area is 121 Å². The first-order valence-corrected chi connectivity index (χ1v) is 7.61. The van der Waals surface area contributed by atoms with Crippen LogP contribution in [0.25, 0.3) is 0 Å². The molecule has 2 heterocycles. The van der Waals surface area contributed by atoms with Crippen LogP contribution in [0.2, 0.25) is 0 Å². The molecular weight excluding hydrogens is 260 g/mol. The highest BCUT2D eigenvalue weighted by molar-refractivity contribution is 4.69. The number of hydrogen-bond acceptors (Lipinski definition) is 5. The fourth-order valence-corrected chi connectivity index (χ4v) is 2.60. The van der Waals surface area contributed by atoms with E-state index in [1.807, 2.05) is 6.92 Å². The molecule has 2 aliphatic heterocycles. The van der Waals surface area contributed by atoms with Crippen LogP contribution in [0.5, 0.6) is 0 Å². The molecule has 20 heavy (non-hydrogen) atoms. The number of rotatable bonds is 7.